The molecule has 1 aromatic carbocycles. The number of amides is 2. The van der Waals surface area contributed by atoms with Gasteiger partial charge in [-0.15, -0.1) is 0 Å². The number of nitrogens with zero attached hydrogens (tertiary/aromatic N) is 4. The summed E-state index contributed by atoms with van der Waals surface area (Å²) in [5.74, 6) is 1.06. The van der Waals surface area contributed by atoms with E-state index in [0.29, 0.717) is 34.8 Å². The molecule has 4 aromatic rings. The Kier molecular flexibility index (Phi) is 6.54. The number of allylic oxidation sites excluding steroid dienone is 1. The first-order valence-corrected chi connectivity index (χ1v) is 12.3. The number of fused-ring (bicyclic) bond motifs is 1. The number of carbonyl (C=O) groups excluding carboxylic acids is 1. The second-order valence-corrected chi connectivity index (χ2v) is 10.2. The van der Waals surface area contributed by atoms with Crippen LogP contribution in [0.15, 0.2) is 77.5 Å². The van der Waals surface area contributed by atoms with Gasteiger partial charge in [0.1, 0.15) is 23.2 Å². The van der Waals surface area contributed by atoms with E-state index < -0.39 is 0 Å². The number of aromatic nitrogens is 5. The molecule has 5 rings (SSSR count). The predicted octanol–water partition coefficient (Wildman–Crippen LogP) is 4.52. The monoisotopic (exact) mass is 511 g/mol. The molecule has 10 nitrogen and oxygen atoms in total. The summed E-state index contributed by atoms with van der Waals surface area (Å²) in [4.78, 5) is 35.5. The molecular formula is C28H29N7O3. The van der Waals surface area contributed by atoms with Crippen molar-refractivity contribution >= 4 is 23.0 Å². The molecule has 10 heteroatoms. The molecule has 3 heterocycles. The lowest BCUT2D eigenvalue weighted by atomic mass is 9.92. The normalized spacial score (nSPS) is 15.3. The number of urea groups is 1. The lowest BCUT2D eigenvalue weighted by Gasteiger charge is -2.19. The first-order chi connectivity index (χ1) is 18.2. The van der Waals surface area contributed by atoms with Crippen molar-refractivity contribution in [3.63, 3.8) is 0 Å². The van der Waals surface area contributed by atoms with E-state index in [-0.39, 0.29) is 23.1 Å². The maximum Gasteiger partial charge on any atom is 0.324 e. The number of hydrogen-bond acceptors (Lipinski definition) is 6. The van der Waals surface area contributed by atoms with Gasteiger partial charge >= 0.3 is 6.03 Å². The SMILES string of the molecule is Cc1ccc(-n2nc(C(C)(C)C)cc2NC(=O)NC2=CCC(Oc3ccnc4ncc(=O)[nH]c34)C=C2)cc1. The maximum atomic E-state index is 12.9. The van der Waals surface area contributed by atoms with E-state index in [1.165, 1.54) is 6.20 Å². The van der Waals surface area contributed by atoms with Crippen molar-refractivity contribution in [1.82, 2.24) is 30.0 Å². The van der Waals surface area contributed by atoms with E-state index in [9.17, 15) is 9.59 Å². The van der Waals surface area contributed by atoms with E-state index in [1.54, 1.807) is 23.0 Å². The third kappa shape index (κ3) is 5.49. The molecule has 1 atom stereocenters. The van der Waals surface area contributed by atoms with Gasteiger partial charge in [0, 0.05) is 35.9 Å². The van der Waals surface area contributed by atoms with Crippen LogP contribution in [-0.4, -0.2) is 36.9 Å². The number of anilines is 1. The minimum absolute atomic E-state index is 0.185. The van der Waals surface area contributed by atoms with Gasteiger partial charge in [-0.2, -0.15) is 5.10 Å². The van der Waals surface area contributed by atoms with Gasteiger partial charge in [-0.3, -0.25) is 10.1 Å². The van der Waals surface area contributed by atoms with Crippen molar-refractivity contribution in [2.24, 2.45) is 0 Å². The summed E-state index contributed by atoms with van der Waals surface area (Å²) < 4.78 is 7.80. The van der Waals surface area contributed by atoms with Crippen molar-refractivity contribution in [3.8, 4) is 11.4 Å². The van der Waals surface area contributed by atoms with Crippen LogP contribution in [0.2, 0.25) is 0 Å². The number of ether oxygens (including phenoxy) is 1. The summed E-state index contributed by atoms with van der Waals surface area (Å²) in [6.45, 7) is 8.27. The van der Waals surface area contributed by atoms with Crippen LogP contribution in [0.5, 0.6) is 5.75 Å². The van der Waals surface area contributed by atoms with Gasteiger partial charge < -0.3 is 15.0 Å². The average Bonchev–Trinajstić information content (AvgIpc) is 3.30. The zero-order valence-corrected chi connectivity index (χ0v) is 21.6. The summed E-state index contributed by atoms with van der Waals surface area (Å²) in [6, 6.07) is 11.2. The van der Waals surface area contributed by atoms with Gasteiger partial charge in [-0.25, -0.2) is 19.4 Å². The molecule has 1 aliphatic carbocycles. The van der Waals surface area contributed by atoms with E-state index in [4.69, 9.17) is 9.84 Å². The van der Waals surface area contributed by atoms with Crippen LogP contribution in [0.3, 0.4) is 0 Å². The Balaban J connectivity index is 1.26. The van der Waals surface area contributed by atoms with Crippen LogP contribution in [-0.2, 0) is 5.41 Å². The lowest BCUT2D eigenvalue weighted by Crippen LogP contribution is -2.30. The Bertz CT molecular complexity index is 1610. The highest BCUT2D eigenvalue weighted by Gasteiger charge is 2.22. The fourth-order valence-corrected chi connectivity index (χ4v) is 3.96. The Labute approximate surface area is 219 Å². The topological polar surface area (TPSA) is 127 Å². The number of nitrogens with one attached hydrogen (secondary N) is 3. The molecule has 38 heavy (non-hydrogen) atoms. The minimum Gasteiger partial charge on any atom is -0.484 e. The van der Waals surface area contributed by atoms with Gasteiger partial charge in [0.15, 0.2) is 5.65 Å². The second kappa shape index (κ2) is 9.97. The maximum absolute atomic E-state index is 12.9. The summed E-state index contributed by atoms with van der Waals surface area (Å²) in [5, 5.41) is 10.6. The standard InChI is InChI=1S/C28H29N7O3/c1-17-5-9-19(10-6-17)35-23(15-22(34-35)28(2,3)4)32-27(37)31-18-7-11-20(12-8-18)38-21-13-14-29-26-25(21)33-24(36)16-30-26/h5-11,13-16,20H,12H2,1-4H3,(H,33,36)(H2,31,32,37). The minimum atomic E-state index is -0.377. The third-order valence-electron chi connectivity index (χ3n) is 6.04. The predicted molar refractivity (Wildman–Crippen MR) is 146 cm³/mol. The number of hydrogen-bond donors (Lipinski definition) is 3. The highest BCUT2D eigenvalue weighted by molar-refractivity contribution is 5.90. The third-order valence-corrected chi connectivity index (χ3v) is 6.04. The number of benzene rings is 1. The van der Waals surface area contributed by atoms with Crippen LogP contribution < -0.4 is 20.9 Å². The molecule has 0 aliphatic heterocycles. The highest BCUT2D eigenvalue weighted by Crippen LogP contribution is 2.27. The molecular weight excluding hydrogens is 482 g/mol. The van der Waals surface area contributed by atoms with Gasteiger partial charge in [0.2, 0.25) is 0 Å². The van der Waals surface area contributed by atoms with Crippen molar-refractivity contribution < 1.29 is 9.53 Å². The molecule has 0 spiro atoms. The molecule has 0 saturated heterocycles. The zero-order valence-electron chi connectivity index (χ0n) is 21.6. The number of pyridine rings is 1. The molecule has 194 valence electrons. The van der Waals surface area contributed by atoms with Gasteiger partial charge in [-0.1, -0.05) is 44.5 Å². The fourth-order valence-electron chi connectivity index (χ4n) is 3.96. The van der Waals surface area contributed by atoms with E-state index in [1.807, 2.05) is 49.4 Å². The van der Waals surface area contributed by atoms with Gasteiger partial charge in [0.25, 0.3) is 5.56 Å². The summed E-state index contributed by atoms with van der Waals surface area (Å²) in [7, 11) is 0. The van der Waals surface area contributed by atoms with Gasteiger partial charge in [0.05, 0.1) is 17.6 Å². The first-order valence-electron chi connectivity index (χ1n) is 12.3. The largest absolute Gasteiger partial charge is 0.484 e. The van der Waals surface area contributed by atoms with Crippen molar-refractivity contribution in [2.75, 3.05) is 5.32 Å². The number of carbonyl (C=O) groups is 1. The Hall–Kier alpha value is -4.73. The quantitative estimate of drug-likeness (QED) is 0.362. The molecule has 0 bridgehead atoms. The fraction of sp³-hybridized carbons (Fsp3) is 0.250. The molecule has 3 aromatic heterocycles. The number of aromatic amines is 1. The number of H-pyrrole nitrogens is 1. The van der Waals surface area contributed by atoms with Crippen LogP contribution >= 0.6 is 0 Å². The van der Waals surface area contributed by atoms with Gasteiger partial charge in [-0.05, 0) is 31.2 Å². The molecule has 1 unspecified atom stereocenters. The second-order valence-electron chi connectivity index (χ2n) is 10.2. The Morgan fingerprint density at radius 1 is 1.13 bits per heavy atom. The Morgan fingerprint density at radius 2 is 1.92 bits per heavy atom. The first kappa shape index (κ1) is 24.9. The van der Waals surface area contributed by atoms with Crippen LogP contribution in [0, 0.1) is 6.92 Å². The number of rotatable bonds is 5. The summed E-state index contributed by atoms with van der Waals surface area (Å²) in [5.41, 5.74) is 3.85. The van der Waals surface area contributed by atoms with Crippen molar-refractivity contribution in [2.45, 2.75) is 45.6 Å². The van der Waals surface area contributed by atoms with Crippen LogP contribution in [0.4, 0.5) is 10.6 Å². The molecule has 3 N–H and O–H groups in total. The smallest absolute Gasteiger partial charge is 0.324 e. The van der Waals surface area contributed by atoms with Crippen molar-refractivity contribution in [3.05, 3.63) is 94.3 Å². The van der Waals surface area contributed by atoms with Crippen molar-refractivity contribution in [1.29, 1.82) is 0 Å². The molecule has 2 amide bonds. The molecule has 0 fully saturated rings. The average molecular weight is 512 g/mol. The zero-order chi connectivity index (χ0) is 26.9. The Morgan fingerprint density at radius 3 is 2.63 bits per heavy atom. The van der Waals surface area contributed by atoms with E-state index >= 15 is 0 Å². The molecule has 1 aliphatic rings. The van der Waals surface area contributed by atoms with Crippen LogP contribution in [0.25, 0.3) is 16.9 Å². The molecule has 0 radical (unpaired) electrons. The summed E-state index contributed by atoms with van der Waals surface area (Å²) >= 11 is 0. The summed E-state index contributed by atoms with van der Waals surface area (Å²) in [6.07, 6.45) is 8.52. The lowest BCUT2D eigenvalue weighted by molar-refractivity contribution is 0.249. The van der Waals surface area contributed by atoms with Crippen LogP contribution in [0.1, 0.15) is 38.4 Å². The van der Waals surface area contributed by atoms with E-state index in [2.05, 4.69) is 46.4 Å². The number of aryl methyl sites for hydroxylation is 1. The molecule has 0 saturated carbocycles. The van der Waals surface area contributed by atoms with E-state index in [0.717, 1.165) is 16.9 Å². The highest BCUT2D eigenvalue weighted by atomic mass is 16.5.